The molecule has 174 valence electrons. The Labute approximate surface area is 185 Å². The molecule has 1 saturated heterocycles. The maximum absolute atomic E-state index is 14.2. The minimum absolute atomic E-state index is 0.0529. The fourth-order valence-electron chi connectivity index (χ4n) is 5.11. The van der Waals surface area contributed by atoms with Gasteiger partial charge in [0, 0.05) is 29.9 Å². The van der Waals surface area contributed by atoms with Gasteiger partial charge in [-0.05, 0) is 62.6 Å². The summed E-state index contributed by atoms with van der Waals surface area (Å²) in [5.74, 6) is -3.13. The van der Waals surface area contributed by atoms with Crippen LogP contribution in [0.3, 0.4) is 0 Å². The summed E-state index contributed by atoms with van der Waals surface area (Å²) in [5, 5.41) is 7.05. The topological polar surface area (TPSA) is 67.5 Å². The lowest BCUT2D eigenvalue weighted by Crippen LogP contribution is -2.50. The summed E-state index contributed by atoms with van der Waals surface area (Å²) < 4.78 is 53.1. The maximum atomic E-state index is 14.2. The summed E-state index contributed by atoms with van der Waals surface area (Å²) in [6.07, 6.45) is 5.21. The second kappa shape index (κ2) is 9.94. The molecule has 2 aromatic rings. The van der Waals surface area contributed by atoms with Crippen LogP contribution in [0.4, 0.5) is 18.0 Å². The highest BCUT2D eigenvalue weighted by Crippen LogP contribution is 2.38. The van der Waals surface area contributed by atoms with E-state index in [0.29, 0.717) is 38.8 Å². The van der Waals surface area contributed by atoms with Gasteiger partial charge in [-0.25, -0.2) is 18.0 Å². The molecule has 2 heterocycles. The van der Waals surface area contributed by atoms with Gasteiger partial charge >= 0.3 is 6.09 Å². The smallest absolute Gasteiger partial charge is 0.409 e. The van der Waals surface area contributed by atoms with Gasteiger partial charge in [0.2, 0.25) is 0 Å². The van der Waals surface area contributed by atoms with Crippen molar-refractivity contribution >= 4 is 6.09 Å². The van der Waals surface area contributed by atoms with Crippen molar-refractivity contribution in [2.45, 2.75) is 62.5 Å². The van der Waals surface area contributed by atoms with E-state index in [1.54, 1.807) is 11.1 Å². The quantitative estimate of drug-likeness (QED) is 0.658. The lowest BCUT2D eigenvalue weighted by molar-refractivity contribution is -0.0244. The standard InChI is InChI=1S/C23H28F3N3O3/c1-31-23(30)29-12-2-3-16(19-10-11-27-28-19)20(29)13-32-15-6-4-14(5-7-15)21-17(24)8-9-18(25)22(21)26/h8-11,14-16,20H,2-7,12-13H2,1H3,(H,27,28)/t14-,15+,16?,20?. The number of amides is 1. The molecular weight excluding hydrogens is 423 g/mol. The fourth-order valence-corrected chi connectivity index (χ4v) is 5.11. The third-order valence-electron chi connectivity index (χ3n) is 6.77. The molecule has 4 rings (SSSR count). The van der Waals surface area contributed by atoms with E-state index in [9.17, 15) is 18.0 Å². The Morgan fingerprint density at radius 1 is 1.12 bits per heavy atom. The van der Waals surface area contributed by atoms with E-state index >= 15 is 0 Å². The zero-order chi connectivity index (χ0) is 22.7. The number of carbonyl (C=O) groups is 1. The van der Waals surface area contributed by atoms with Gasteiger partial charge < -0.3 is 14.4 Å². The number of ether oxygens (including phenoxy) is 2. The van der Waals surface area contributed by atoms with E-state index in [1.807, 2.05) is 6.07 Å². The number of benzene rings is 1. The van der Waals surface area contributed by atoms with Gasteiger partial charge in [0.25, 0.3) is 0 Å². The van der Waals surface area contributed by atoms with Crippen LogP contribution in [0, 0.1) is 17.5 Å². The minimum Gasteiger partial charge on any atom is -0.453 e. The lowest BCUT2D eigenvalue weighted by Gasteiger charge is -2.41. The minimum atomic E-state index is -1.09. The molecular formula is C23H28F3N3O3. The molecule has 1 aliphatic carbocycles. The molecule has 9 heteroatoms. The number of aromatic nitrogens is 2. The summed E-state index contributed by atoms with van der Waals surface area (Å²) in [7, 11) is 1.37. The van der Waals surface area contributed by atoms with E-state index in [0.717, 1.165) is 30.7 Å². The van der Waals surface area contributed by atoms with Crippen molar-refractivity contribution in [3.8, 4) is 0 Å². The van der Waals surface area contributed by atoms with Gasteiger partial charge in [-0.1, -0.05) is 0 Å². The molecule has 1 saturated carbocycles. The van der Waals surface area contributed by atoms with Crippen LogP contribution in [-0.4, -0.2) is 53.6 Å². The van der Waals surface area contributed by atoms with E-state index in [2.05, 4.69) is 10.2 Å². The molecule has 0 spiro atoms. The van der Waals surface area contributed by atoms with Crippen molar-refractivity contribution in [1.29, 1.82) is 0 Å². The third-order valence-corrected chi connectivity index (χ3v) is 6.77. The molecule has 0 radical (unpaired) electrons. The van der Waals surface area contributed by atoms with Gasteiger partial charge in [0.05, 0.1) is 25.9 Å². The molecule has 1 aromatic carbocycles. The Morgan fingerprint density at radius 3 is 2.56 bits per heavy atom. The van der Waals surface area contributed by atoms with E-state index < -0.39 is 17.5 Å². The Kier molecular flexibility index (Phi) is 7.03. The van der Waals surface area contributed by atoms with Gasteiger partial charge in [0.1, 0.15) is 5.82 Å². The number of hydrogen-bond donors (Lipinski definition) is 1. The van der Waals surface area contributed by atoms with Gasteiger partial charge in [-0.15, -0.1) is 0 Å². The van der Waals surface area contributed by atoms with Crippen LogP contribution < -0.4 is 0 Å². The van der Waals surface area contributed by atoms with Crippen molar-refractivity contribution < 1.29 is 27.4 Å². The summed E-state index contributed by atoms with van der Waals surface area (Å²) in [6.45, 7) is 0.924. The Balaban J connectivity index is 1.40. The average Bonchev–Trinajstić information content (AvgIpc) is 3.35. The summed E-state index contributed by atoms with van der Waals surface area (Å²) in [4.78, 5) is 14.1. The van der Waals surface area contributed by atoms with Crippen molar-refractivity contribution in [2.75, 3.05) is 20.3 Å². The highest BCUT2D eigenvalue weighted by Gasteiger charge is 2.38. The fraction of sp³-hybridized carbons (Fsp3) is 0.565. The van der Waals surface area contributed by atoms with E-state index in [1.165, 1.54) is 7.11 Å². The molecule has 6 nitrogen and oxygen atoms in total. The highest BCUT2D eigenvalue weighted by molar-refractivity contribution is 5.68. The lowest BCUT2D eigenvalue weighted by atomic mass is 9.82. The second-order valence-corrected chi connectivity index (χ2v) is 8.56. The number of likely N-dealkylation sites (tertiary alicyclic amines) is 1. The average molecular weight is 451 g/mol. The molecule has 2 atom stereocenters. The molecule has 0 bridgehead atoms. The molecule has 32 heavy (non-hydrogen) atoms. The summed E-state index contributed by atoms with van der Waals surface area (Å²) in [5.41, 5.74) is 0.792. The molecule has 2 aliphatic rings. The number of hydrogen-bond acceptors (Lipinski definition) is 4. The van der Waals surface area contributed by atoms with Gasteiger partial charge in [-0.3, -0.25) is 5.10 Å². The number of rotatable bonds is 5. The first-order valence-corrected chi connectivity index (χ1v) is 11.1. The third kappa shape index (κ3) is 4.62. The van der Waals surface area contributed by atoms with Crippen LogP contribution in [0.2, 0.25) is 0 Å². The van der Waals surface area contributed by atoms with E-state index in [-0.39, 0.29) is 35.6 Å². The van der Waals surface area contributed by atoms with Crippen molar-refractivity contribution in [3.05, 3.63) is 53.1 Å². The normalized spacial score (nSPS) is 26.2. The number of methoxy groups -OCH3 is 1. The largest absolute Gasteiger partial charge is 0.453 e. The first kappa shape index (κ1) is 22.6. The van der Waals surface area contributed by atoms with Crippen LogP contribution >= 0.6 is 0 Å². The first-order valence-electron chi connectivity index (χ1n) is 11.1. The summed E-state index contributed by atoms with van der Waals surface area (Å²) >= 11 is 0. The first-order chi connectivity index (χ1) is 15.5. The van der Waals surface area contributed by atoms with E-state index in [4.69, 9.17) is 9.47 Å². The molecule has 1 amide bonds. The number of nitrogens with one attached hydrogen (secondary N) is 1. The van der Waals surface area contributed by atoms with Gasteiger partial charge in [-0.2, -0.15) is 5.10 Å². The summed E-state index contributed by atoms with van der Waals surface area (Å²) in [6, 6.07) is 3.51. The number of halogens is 3. The number of nitrogens with zero attached hydrogens (tertiary/aromatic N) is 2. The van der Waals surface area contributed by atoms with Crippen LogP contribution in [-0.2, 0) is 9.47 Å². The van der Waals surface area contributed by atoms with Crippen LogP contribution in [0.25, 0.3) is 0 Å². The predicted octanol–water partition coefficient (Wildman–Crippen LogP) is 4.88. The SMILES string of the molecule is COC(=O)N1CCCC(c2ccn[nH]2)C1CO[C@H]1CC[C@@H](c2c(F)ccc(F)c2F)CC1. The molecule has 1 aromatic heterocycles. The number of carbonyl (C=O) groups excluding carboxylic acids is 1. The van der Waals surface area contributed by atoms with Crippen LogP contribution in [0.1, 0.15) is 61.6 Å². The van der Waals surface area contributed by atoms with Crippen LogP contribution in [0.15, 0.2) is 24.4 Å². The molecule has 1 N–H and O–H groups in total. The Hall–Kier alpha value is -2.55. The van der Waals surface area contributed by atoms with Crippen molar-refractivity contribution in [1.82, 2.24) is 15.1 Å². The maximum Gasteiger partial charge on any atom is 0.409 e. The van der Waals surface area contributed by atoms with Crippen molar-refractivity contribution in [3.63, 3.8) is 0 Å². The Morgan fingerprint density at radius 2 is 1.88 bits per heavy atom. The molecule has 2 fully saturated rings. The number of aromatic amines is 1. The molecule has 2 unspecified atom stereocenters. The zero-order valence-corrected chi connectivity index (χ0v) is 18.0. The molecule has 1 aliphatic heterocycles. The number of H-pyrrole nitrogens is 1. The predicted molar refractivity (Wildman–Crippen MR) is 111 cm³/mol. The van der Waals surface area contributed by atoms with Crippen molar-refractivity contribution in [2.24, 2.45) is 0 Å². The zero-order valence-electron chi connectivity index (χ0n) is 18.0. The number of piperidine rings is 1. The monoisotopic (exact) mass is 451 g/mol. The second-order valence-electron chi connectivity index (χ2n) is 8.56. The van der Waals surface area contributed by atoms with Crippen LogP contribution in [0.5, 0.6) is 0 Å². The Bertz CT molecular complexity index is 917. The highest BCUT2D eigenvalue weighted by atomic mass is 19.2. The van der Waals surface area contributed by atoms with Gasteiger partial charge in [0.15, 0.2) is 11.6 Å².